The molecule has 4 nitrogen and oxygen atoms in total. The van der Waals surface area contributed by atoms with Gasteiger partial charge in [0.2, 0.25) is 0 Å². The number of rotatable bonds is 2. The van der Waals surface area contributed by atoms with Gasteiger partial charge in [0.05, 0.1) is 16.2 Å². The number of alkyl halides is 2. The first-order chi connectivity index (χ1) is 6.75. The Bertz CT molecular complexity index is 494. The van der Waals surface area contributed by atoms with E-state index in [0.29, 0.717) is 0 Å². The van der Waals surface area contributed by atoms with E-state index in [4.69, 9.17) is 16.4 Å². The molecule has 0 aliphatic rings. The Hall–Kier alpha value is -0.470. The molecule has 0 radical (unpaired) electrons. The Kier molecular flexibility index (Phi) is 3.51. The lowest BCUT2D eigenvalue weighted by molar-refractivity contribution is 0.150. The zero-order valence-corrected chi connectivity index (χ0v) is 10.1. The predicted molar refractivity (Wildman–Crippen MR) is 54.3 cm³/mol. The lowest BCUT2D eigenvalue weighted by atomic mass is 10.3. The molecular formula is C6H4BrClF2N2O2S. The van der Waals surface area contributed by atoms with Crippen molar-refractivity contribution in [2.45, 2.75) is 11.3 Å². The monoisotopic (exact) mass is 320 g/mol. The van der Waals surface area contributed by atoms with Crippen molar-refractivity contribution in [3.05, 3.63) is 16.2 Å². The van der Waals surface area contributed by atoms with E-state index in [-0.39, 0.29) is 4.47 Å². The average molecular weight is 322 g/mol. The third-order valence-electron chi connectivity index (χ3n) is 1.53. The second kappa shape index (κ2) is 4.18. The van der Waals surface area contributed by atoms with Crippen molar-refractivity contribution in [3.63, 3.8) is 0 Å². The Balaban J connectivity index is 3.56. The zero-order chi connectivity index (χ0) is 11.8. The lowest BCUT2D eigenvalue weighted by Gasteiger charge is -2.08. The number of nitrogens with zero attached hydrogens (tertiary/aromatic N) is 1. The van der Waals surface area contributed by atoms with Gasteiger partial charge in [-0.15, -0.1) is 0 Å². The quantitative estimate of drug-likeness (QED) is 0.848. The van der Waals surface area contributed by atoms with Gasteiger partial charge in [-0.25, -0.2) is 22.2 Å². The van der Waals surface area contributed by atoms with Crippen LogP contribution in [0.2, 0.25) is 0 Å². The molecule has 0 aliphatic heterocycles. The van der Waals surface area contributed by atoms with Crippen molar-refractivity contribution in [2.24, 2.45) is 0 Å². The Labute approximate surface area is 97.0 Å². The molecule has 0 saturated heterocycles. The van der Waals surface area contributed by atoms with Crippen LogP contribution in [0.15, 0.2) is 15.6 Å². The number of halogens is 4. The minimum atomic E-state index is -4.13. The molecule has 1 heterocycles. The SMILES string of the molecule is Nc1ncc(S(=O)(=O)Cl)c(Br)c1C(F)F. The number of hydrogen-bond donors (Lipinski definition) is 1. The number of anilines is 1. The molecule has 84 valence electrons. The second-order valence-electron chi connectivity index (χ2n) is 2.47. The first-order valence-corrected chi connectivity index (χ1v) is 6.52. The third-order valence-corrected chi connectivity index (χ3v) is 3.98. The summed E-state index contributed by atoms with van der Waals surface area (Å²) in [4.78, 5) is 2.80. The van der Waals surface area contributed by atoms with Crippen LogP contribution in [0.1, 0.15) is 12.0 Å². The summed E-state index contributed by atoms with van der Waals surface area (Å²) >= 11 is 2.70. The smallest absolute Gasteiger partial charge is 0.268 e. The van der Waals surface area contributed by atoms with E-state index in [1.54, 1.807) is 0 Å². The van der Waals surface area contributed by atoms with Crippen LogP contribution in [-0.4, -0.2) is 13.4 Å². The van der Waals surface area contributed by atoms with Crippen molar-refractivity contribution in [3.8, 4) is 0 Å². The van der Waals surface area contributed by atoms with Crippen LogP contribution in [0.25, 0.3) is 0 Å². The zero-order valence-electron chi connectivity index (χ0n) is 6.92. The number of hydrogen-bond acceptors (Lipinski definition) is 4. The van der Waals surface area contributed by atoms with E-state index in [2.05, 4.69) is 20.9 Å². The maximum atomic E-state index is 12.5. The average Bonchev–Trinajstić information content (AvgIpc) is 2.00. The summed E-state index contributed by atoms with van der Waals surface area (Å²) in [6, 6.07) is 0. The molecule has 0 unspecified atom stereocenters. The second-order valence-corrected chi connectivity index (χ2v) is 5.80. The Morgan fingerprint density at radius 3 is 2.47 bits per heavy atom. The van der Waals surface area contributed by atoms with Crippen LogP contribution in [0, 0.1) is 0 Å². The highest BCUT2D eigenvalue weighted by molar-refractivity contribution is 9.10. The van der Waals surface area contributed by atoms with Gasteiger partial charge in [-0.05, 0) is 15.9 Å². The molecule has 1 aromatic rings. The fourth-order valence-corrected chi connectivity index (χ4v) is 3.13. The highest BCUT2D eigenvalue weighted by Gasteiger charge is 2.24. The summed E-state index contributed by atoms with van der Waals surface area (Å²) < 4.78 is 46.5. The number of pyridine rings is 1. The summed E-state index contributed by atoms with van der Waals surface area (Å²) in [5.41, 5.74) is 4.49. The molecule has 0 fully saturated rings. The van der Waals surface area contributed by atoms with Crippen LogP contribution in [-0.2, 0) is 9.05 Å². The van der Waals surface area contributed by atoms with Gasteiger partial charge in [0.1, 0.15) is 10.7 Å². The van der Waals surface area contributed by atoms with Gasteiger partial charge in [0.15, 0.2) is 0 Å². The molecule has 0 bridgehead atoms. The third kappa shape index (κ3) is 2.56. The summed E-state index contributed by atoms with van der Waals surface area (Å²) in [5, 5.41) is 0. The molecule has 15 heavy (non-hydrogen) atoms. The Morgan fingerprint density at radius 1 is 1.53 bits per heavy atom. The molecular weight excluding hydrogens is 317 g/mol. The lowest BCUT2D eigenvalue weighted by Crippen LogP contribution is -2.04. The molecule has 2 N–H and O–H groups in total. The van der Waals surface area contributed by atoms with Gasteiger partial charge >= 0.3 is 0 Å². The van der Waals surface area contributed by atoms with E-state index in [1.807, 2.05) is 0 Å². The maximum Gasteiger partial charge on any atom is 0.268 e. The molecule has 1 rings (SSSR count). The van der Waals surface area contributed by atoms with Gasteiger partial charge < -0.3 is 5.73 Å². The maximum absolute atomic E-state index is 12.5. The van der Waals surface area contributed by atoms with Crippen molar-refractivity contribution in [2.75, 3.05) is 5.73 Å². The molecule has 9 heteroatoms. The van der Waals surface area contributed by atoms with Crippen molar-refractivity contribution in [1.29, 1.82) is 0 Å². The molecule has 0 aliphatic carbocycles. The number of aromatic nitrogens is 1. The molecule has 0 spiro atoms. The minimum Gasteiger partial charge on any atom is -0.383 e. The molecule has 0 amide bonds. The van der Waals surface area contributed by atoms with E-state index in [1.165, 1.54) is 0 Å². The van der Waals surface area contributed by atoms with Gasteiger partial charge in [-0.2, -0.15) is 0 Å². The molecule has 0 atom stereocenters. The highest BCUT2D eigenvalue weighted by atomic mass is 79.9. The van der Waals surface area contributed by atoms with Gasteiger partial charge in [0, 0.05) is 10.7 Å². The summed E-state index contributed by atoms with van der Waals surface area (Å²) in [7, 11) is 0.877. The van der Waals surface area contributed by atoms with E-state index in [9.17, 15) is 17.2 Å². The fourth-order valence-electron chi connectivity index (χ4n) is 0.877. The summed E-state index contributed by atoms with van der Waals surface area (Å²) in [6.45, 7) is 0. The van der Waals surface area contributed by atoms with Crippen LogP contribution in [0.5, 0.6) is 0 Å². The van der Waals surface area contributed by atoms with Crippen LogP contribution in [0.4, 0.5) is 14.6 Å². The Morgan fingerprint density at radius 2 is 2.07 bits per heavy atom. The van der Waals surface area contributed by atoms with Crippen molar-refractivity contribution >= 4 is 41.5 Å². The first kappa shape index (κ1) is 12.6. The first-order valence-electron chi connectivity index (χ1n) is 3.42. The van der Waals surface area contributed by atoms with Crippen molar-refractivity contribution in [1.82, 2.24) is 4.98 Å². The largest absolute Gasteiger partial charge is 0.383 e. The predicted octanol–water partition coefficient (Wildman–Crippen LogP) is 2.29. The van der Waals surface area contributed by atoms with Crippen LogP contribution >= 0.6 is 26.6 Å². The van der Waals surface area contributed by atoms with Gasteiger partial charge in [-0.1, -0.05) is 0 Å². The number of nitrogen functional groups attached to an aromatic ring is 1. The van der Waals surface area contributed by atoms with Gasteiger partial charge in [-0.3, -0.25) is 0 Å². The van der Waals surface area contributed by atoms with Gasteiger partial charge in [0.25, 0.3) is 15.5 Å². The molecule has 0 saturated carbocycles. The number of nitrogens with two attached hydrogens (primary N) is 1. The summed E-state index contributed by atoms with van der Waals surface area (Å²) in [5.74, 6) is -0.444. The fraction of sp³-hybridized carbons (Fsp3) is 0.167. The van der Waals surface area contributed by atoms with Crippen molar-refractivity contribution < 1.29 is 17.2 Å². The molecule has 1 aromatic heterocycles. The van der Waals surface area contributed by atoms with E-state index < -0.39 is 31.8 Å². The molecule has 0 aromatic carbocycles. The minimum absolute atomic E-state index is 0.361. The van der Waals surface area contributed by atoms with Crippen LogP contribution in [0.3, 0.4) is 0 Å². The topological polar surface area (TPSA) is 73.0 Å². The van der Waals surface area contributed by atoms with E-state index >= 15 is 0 Å². The summed E-state index contributed by atoms with van der Waals surface area (Å²) in [6.07, 6.45) is -2.13. The van der Waals surface area contributed by atoms with E-state index in [0.717, 1.165) is 6.20 Å². The normalized spacial score (nSPS) is 12.1. The highest BCUT2D eigenvalue weighted by Crippen LogP contribution is 2.36. The van der Waals surface area contributed by atoms with Crippen LogP contribution < -0.4 is 5.73 Å². The standard InChI is InChI=1S/C6H4BrClF2N2O2S/c7-4-2(15(8,13)14)1-12-6(11)3(4)5(9)10/h1,5H,(H2,11,12).